The standard InChI is InChI=1S/C5H2BF5N/c7-4-2-1-3(5(8)12-4)6(9,10)11/h1-2H/q-1. The zero-order valence-corrected chi connectivity index (χ0v) is 5.57. The van der Waals surface area contributed by atoms with Gasteiger partial charge in [-0.05, 0) is 6.07 Å². The molecule has 0 bridgehead atoms. The molecule has 0 aliphatic carbocycles. The second-order valence-electron chi connectivity index (χ2n) is 2.09. The summed E-state index contributed by atoms with van der Waals surface area (Å²) in [6.07, 6.45) is 0. The van der Waals surface area contributed by atoms with E-state index in [2.05, 4.69) is 4.98 Å². The van der Waals surface area contributed by atoms with Crippen molar-refractivity contribution in [1.29, 1.82) is 0 Å². The van der Waals surface area contributed by atoms with Gasteiger partial charge in [-0.2, -0.15) is 13.8 Å². The maximum Gasteiger partial charge on any atom is 0.514 e. The Morgan fingerprint density at radius 3 is 2.08 bits per heavy atom. The lowest BCUT2D eigenvalue weighted by molar-refractivity contribution is 0.480. The number of hydrogen-bond donors (Lipinski definition) is 0. The number of aromatic nitrogens is 1. The van der Waals surface area contributed by atoms with E-state index in [1.807, 2.05) is 0 Å². The van der Waals surface area contributed by atoms with Gasteiger partial charge >= 0.3 is 6.98 Å². The van der Waals surface area contributed by atoms with Gasteiger partial charge in [-0.25, -0.2) is 0 Å². The Morgan fingerprint density at radius 1 is 1.08 bits per heavy atom. The summed E-state index contributed by atoms with van der Waals surface area (Å²) < 4.78 is 59.8. The molecule has 0 unspecified atom stereocenters. The van der Waals surface area contributed by atoms with Crippen LogP contribution in [0.3, 0.4) is 0 Å². The molecule has 0 spiro atoms. The topological polar surface area (TPSA) is 12.9 Å². The zero-order valence-electron chi connectivity index (χ0n) is 5.57. The van der Waals surface area contributed by atoms with E-state index in [1.54, 1.807) is 0 Å². The molecule has 0 radical (unpaired) electrons. The third-order valence-corrected chi connectivity index (χ3v) is 1.20. The number of rotatable bonds is 1. The average Bonchev–Trinajstić information content (AvgIpc) is 1.83. The first-order valence-corrected chi connectivity index (χ1v) is 2.93. The molecule has 0 fully saturated rings. The lowest BCUT2D eigenvalue weighted by Crippen LogP contribution is -2.37. The summed E-state index contributed by atoms with van der Waals surface area (Å²) in [4.78, 5) is 2.40. The van der Waals surface area contributed by atoms with Crippen LogP contribution in [0.15, 0.2) is 12.1 Å². The van der Waals surface area contributed by atoms with E-state index >= 15 is 0 Å². The van der Waals surface area contributed by atoms with E-state index in [9.17, 15) is 21.7 Å². The summed E-state index contributed by atoms with van der Waals surface area (Å²) in [6, 6.07) is 0.797. The van der Waals surface area contributed by atoms with E-state index in [0.717, 1.165) is 0 Å². The number of halogens is 5. The molecular formula is C5H2BF5N-. The van der Waals surface area contributed by atoms with Crippen LogP contribution in [-0.4, -0.2) is 12.0 Å². The Balaban J connectivity index is 3.19. The highest BCUT2D eigenvalue weighted by atomic mass is 19.4. The first-order chi connectivity index (χ1) is 5.41. The number of hydrogen-bond acceptors (Lipinski definition) is 1. The highest BCUT2D eigenvalue weighted by Crippen LogP contribution is 2.10. The van der Waals surface area contributed by atoms with Crippen molar-refractivity contribution in [2.75, 3.05) is 0 Å². The largest absolute Gasteiger partial charge is 0.514 e. The van der Waals surface area contributed by atoms with Gasteiger partial charge in [-0.1, -0.05) is 11.5 Å². The molecule has 0 aliphatic heterocycles. The molecule has 0 saturated carbocycles. The van der Waals surface area contributed by atoms with Crippen LogP contribution < -0.4 is 5.46 Å². The summed E-state index contributed by atoms with van der Waals surface area (Å²) >= 11 is 0. The van der Waals surface area contributed by atoms with E-state index in [1.165, 1.54) is 0 Å². The van der Waals surface area contributed by atoms with Crippen molar-refractivity contribution in [3.8, 4) is 0 Å². The number of nitrogens with zero attached hydrogens (tertiary/aromatic N) is 1. The molecule has 0 saturated heterocycles. The Labute approximate surface area is 64.3 Å². The fourth-order valence-corrected chi connectivity index (χ4v) is 0.667. The van der Waals surface area contributed by atoms with Gasteiger partial charge in [-0.3, -0.25) is 0 Å². The molecular weight excluding hydrogens is 180 g/mol. The van der Waals surface area contributed by atoms with Gasteiger partial charge in [0.25, 0.3) is 0 Å². The minimum absolute atomic E-state index is 0.331. The van der Waals surface area contributed by atoms with Crippen molar-refractivity contribution in [3.05, 3.63) is 24.0 Å². The Kier molecular flexibility index (Phi) is 2.03. The Bertz CT molecular complexity index is 296. The Hall–Kier alpha value is -1.14. The van der Waals surface area contributed by atoms with Gasteiger partial charge in [0.15, 0.2) is 5.95 Å². The van der Waals surface area contributed by atoms with Gasteiger partial charge in [-0.15, -0.1) is 0 Å². The van der Waals surface area contributed by atoms with Crippen LogP contribution in [0, 0.1) is 11.9 Å². The minimum atomic E-state index is -5.45. The van der Waals surface area contributed by atoms with Crippen LogP contribution in [0.4, 0.5) is 21.7 Å². The SMILES string of the molecule is Fc1ccc([B-](F)(F)F)c(F)n1. The third kappa shape index (κ3) is 1.72. The maximum atomic E-state index is 12.3. The van der Waals surface area contributed by atoms with Gasteiger partial charge in [0, 0.05) is 0 Å². The van der Waals surface area contributed by atoms with E-state index in [0.29, 0.717) is 12.1 Å². The lowest BCUT2D eigenvalue weighted by Gasteiger charge is -2.14. The van der Waals surface area contributed by atoms with Crippen LogP contribution in [0.25, 0.3) is 0 Å². The molecule has 0 aliphatic rings. The maximum absolute atomic E-state index is 12.3. The highest BCUT2D eigenvalue weighted by Gasteiger charge is 2.29. The fourth-order valence-electron chi connectivity index (χ4n) is 0.667. The molecule has 1 nitrogen and oxygen atoms in total. The molecule has 7 heteroatoms. The zero-order chi connectivity index (χ0) is 9.35. The van der Waals surface area contributed by atoms with Crippen LogP contribution >= 0.6 is 0 Å². The fraction of sp³-hybridized carbons (Fsp3) is 0. The summed E-state index contributed by atoms with van der Waals surface area (Å²) in [5, 5.41) is 0. The summed E-state index contributed by atoms with van der Waals surface area (Å²) in [5.41, 5.74) is -1.50. The monoisotopic (exact) mass is 182 g/mol. The van der Waals surface area contributed by atoms with Crippen molar-refractivity contribution >= 4 is 12.4 Å². The quantitative estimate of drug-likeness (QED) is 0.363. The molecule has 0 amide bonds. The molecule has 12 heavy (non-hydrogen) atoms. The van der Waals surface area contributed by atoms with Gasteiger partial charge in [0.05, 0.1) is 0 Å². The second-order valence-corrected chi connectivity index (χ2v) is 2.09. The normalized spacial score (nSPS) is 11.8. The first-order valence-electron chi connectivity index (χ1n) is 2.93. The lowest BCUT2D eigenvalue weighted by atomic mass is 9.81. The summed E-state index contributed by atoms with van der Waals surface area (Å²) in [6.45, 7) is -5.45. The Morgan fingerprint density at radius 2 is 1.67 bits per heavy atom. The van der Waals surface area contributed by atoms with E-state index in [4.69, 9.17) is 0 Å². The highest BCUT2D eigenvalue weighted by molar-refractivity contribution is 6.73. The van der Waals surface area contributed by atoms with Gasteiger partial charge in [0.2, 0.25) is 5.95 Å². The molecule has 1 aromatic rings. The molecule has 0 atom stereocenters. The smallest absolute Gasteiger partial charge is 0.445 e. The molecule has 0 N–H and O–H groups in total. The van der Waals surface area contributed by atoms with Gasteiger partial charge < -0.3 is 12.9 Å². The first kappa shape index (κ1) is 8.96. The summed E-state index contributed by atoms with van der Waals surface area (Å²) in [5.74, 6) is -3.08. The van der Waals surface area contributed by atoms with Crippen LogP contribution in [0.2, 0.25) is 0 Å². The number of pyridine rings is 1. The summed E-state index contributed by atoms with van der Waals surface area (Å²) in [7, 11) is 0. The third-order valence-electron chi connectivity index (χ3n) is 1.20. The minimum Gasteiger partial charge on any atom is -0.445 e. The average molecular weight is 182 g/mol. The van der Waals surface area contributed by atoms with Crippen LogP contribution in [0.5, 0.6) is 0 Å². The predicted molar refractivity (Wildman–Crippen MR) is 32.9 cm³/mol. The van der Waals surface area contributed by atoms with Crippen LogP contribution in [0.1, 0.15) is 0 Å². The second kappa shape index (κ2) is 2.73. The molecule has 1 rings (SSSR count). The van der Waals surface area contributed by atoms with Crippen molar-refractivity contribution in [1.82, 2.24) is 4.98 Å². The van der Waals surface area contributed by atoms with Crippen molar-refractivity contribution in [2.45, 2.75) is 0 Å². The molecule has 0 aromatic carbocycles. The molecule has 1 aromatic heterocycles. The van der Waals surface area contributed by atoms with Crippen molar-refractivity contribution < 1.29 is 21.7 Å². The van der Waals surface area contributed by atoms with Crippen molar-refractivity contribution in [2.24, 2.45) is 0 Å². The predicted octanol–water partition coefficient (Wildman–Crippen LogP) is 1.41. The van der Waals surface area contributed by atoms with Crippen molar-refractivity contribution in [3.63, 3.8) is 0 Å². The van der Waals surface area contributed by atoms with E-state index < -0.39 is 24.3 Å². The molecule has 66 valence electrons. The van der Waals surface area contributed by atoms with E-state index in [-0.39, 0.29) is 0 Å². The molecule has 1 heterocycles. The van der Waals surface area contributed by atoms with Gasteiger partial charge in [0.1, 0.15) is 0 Å². The van der Waals surface area contributed by atoms with Crippen LogP contribution in [-0.2, 0) is 0 Å².